The summed E-state index contributed by atoms with van der Waals surface area (Å²) in [5.41, 5.74) is 2.31. The second-order valence-corrected chi connectivity index (χ2v) is 5.19. The Balaban J connectivity index is 2.05. The summed E-state index contributed by atoms with van der Waals surface area (Å²) in [4.78, 5) is 13.5. The fourth-order valence-corrected chi connectivity index (χ4v) is 2.41. The minimum absolute atomic E-state index is 0.0396. The molecule has 1 heterocycles. The van der Waals surface area contributed by atoms with Crippen LogP contribution in [0.25, 0.3) is 0 Å². The van der Waals surface area contributed by atoms with E-state index in [1.165, 1.54) is 18.4 Å². The monoisotopic (exact) mass is 251 g/mol. The van der Waals surface area contributed by atoms with E-state index in [1.807, 2.05) is 12.1 Å². The smallest absolute Gasteiger partial charge is 0.228 e. The lowest BCUT2D eigenvalue weighted by atomic mass is 10.1. The average molecular weight is 252 g/mol. The number of rotatable bonds is 4. The second kappa shape index (κ2) is 5.54. The van der Waals surface area contributed by atoms with Gasteiger partial charge in [-0.1, -0.05) is 25.5 Å². The average Bonchev–Trinajstić information content (AvgIpc) is 2.66. The van der Waals surface area contributed by atoms with Crippen LogP contribution in [0.2, 0.25) is 0 Å². The predicted molar refractivity (Wildman–Crippen MR) is 71.7 cm³/mol. The summed E-state index contributed by atoms with van der Waals surface area (Å²) in [5.74, 6) is 0.131. The van der Waals surface area contributed by atoms with Crippen LogP contribution in [-0.2, 0) is 11.2 Å². The number of halogens is 1. The van der Waals surface area contributed by atoms with Gasteiger partial charge in [-0.25, -0.2) is 0 Å². The summed E-state index contributed by atoms with van der Waals surface area (Å²) in [5, 5.41) is -0.0396. The number of alkyl halides is 1. The Bertz CT molecular complexity index is 388. The molecule has 0 spiro atoms. The second-order valence-electron chi connectivity index (χ2n) is 4.58. The van der Waals surface area contributed by atoms with Crippen molar-refractivity contribution in [3.05, 3.63) is 29.8 Å². The van der Waals surface area contributed by atoms with Crippen LogP contribution >= 0.6 is 11.6 Å². The summed E-state index contributed by atoms with van der Waals surface area (Å²) < 4.78 is 0. The van der Waals surface area contributed by atoms with Crippen molar-refractivity contribution in [3.63, 3.8) is 0 Å². The standard InChI is InChI=1S/C14H18ClNO/c1-2-3-4-11-5-7-13(8-6-11)16-10-12(15)9-14(16)17/h5-8,12H,2-4,9-10H2,1H3. The number of aryl methyl sites for hydroxylation is 1. The molecule has 0 saturated carbocycles. The number of anilines is 1. The van der Waals surface area contributed by atoms with E-state index >= 15 is 0 Å². The molecule has 1 amide bonds. The molecule has 0 radical (unpaired) electrons. The van der Waals surface area contributed by atoms with E-state index in [4.69, 9.17) is 11.6 Å². The molecule has 0 aromatic heterocycles. The molecule has 1 aromatic carbocycles. The lowest BCUT2D eigenvalue weighted by Crippen LogP contribution is -2.24. The molecule has 1 aromatic rings. The Morgan fingerprint density at radius 3 is 2.59 bits per heavy atom. The molecule has 0 aliphatic carbocycles. The first kappa shape index (κ1) is 12.4. The zero-order valence-electron chi connectivity index (χ0n) is 10.2. The molecule has 1 atom stereocenters. The van der Waals surface area contributed by atoms with Crippen LogP contribution in [0.1, 0.15) is 31.7 Å². The van der Waals surface area contributed by atoms with E-state index in [9.17, 15) is 4.79 Å². The highest BCUT2D eigenvalue weighted by molar-refractivity contribution is 6.24. The summed E-state index contributed by atoms with van der Waals surface area (Å²) in [6.07, 6.45) is 3.99. The quantitative estimate of drug-likeness (QED) is 0.752. The SMILES string of the molecule is CCCCc1ccc(N2CC(Cl)CC2=O)cc1. The number of amides is 1. The van der Waals surface area contributed by atoms with Gasteiger partial charge in [0.1, 0.15) is 0 Å². The van der Waals surface area contributed by atoms with Gasteiger partial charge in [-0.3, -0.25) is 4.79 Å². The van der Waals surface area contributed by atoms with E-state index in [2.05, 4.69) is 19.1 Å². The number of benzene rings is 1. The van der Waals surface area contributed by atoms with E-state index in [0.717, 1.165) is 12.1 Å². The van der Waals surface area contributed by atoms with Gasteiger partial charge in [0.2, 0.25) is 5.91 Å². The zero-order chi connectivity index (χ0) is 12.3. The van der Waals surface area contributed by atoms with Gasteiger partial charge in [0.25, 0.3) is 0 Å². The summed E-state index contributed by atoms with van der Waals surface area (Å²) in [7, 11) is 0. The van der Waals surface area contributed by atoms with E-state index < -0.39 is 0 Å². The zero-order valence-corrected chi connectivity index (χ0v) is 10.9. The van der Waals surface area contributed by atoms with Gasteiger partial charge in [0, 0.05) is 18.7 Å². The maximum atomic E-state index is 11.7. The van der Waals surface area contributed by atoms with Crippen LogP contribution in [0.5, 0.6) is 0 Å². The number of carbonyl (C=O) groups excluding carboxylic acids is 1. The molecule has 92 valence electrons. The van der Waals surface area contributed by atoms with Crippen LogP contribution in [-0.4, -0.2) is 17.8 Å². The Hall–Kier alpha value is -1.02. The third-order valence-corrected chi connectivity index (χ3v) is 3.44. The number of nitrogens with zero attached hydrogens (tertiary/aromatic N) is 1. The van der Waals surface area contributed by atoms with Crippen molar-refractivity contribution in [3.8, 4) is 0 Å². The van der Waals surface area contributed by atoms with E-state index in [0.29, 0.717) is 13.0 Å². The van der Waals surface area contributed by atoms with Crippen molar-refractivity contribution in [2.45, 2.75) is 38.0 Å². The van der Waals surface area contributed by atoms with Gasteiger partial charge >= 0.3 is 0 Å². The van der Waals surface area contributed by atoms with Crippen LogP contribution in [0, 0.1) is 0 Å². The molecule has 2 rings (SSSR count). The molecule has 0 N–H and O–H groups in total. The lowest BCUT2D eigenvalue weighted by molar-refractivity contribution is -0.117. The van der Waals surface area contributed by atoms with Gasteiger partial charge in [-0.05, 0) is 30.5 Å². The molecular formula is C14H18ClNO. The molecule has 1 aliphatic heterocycles. The third kappa shape index (κ3) is 3.01. The van der Waals surface area contributed by atoms with Crippen molar-refractivity contribution in [2.75, 3.05) is 11.4 Å². The molecule has 1 fully saturated rings. The fourth-order valence-electron chi connectivity index (χ4n) is 2.14. The summed E-state index contributed by atoms with van der Waals surface area (Å²) in [6, 6.07) is 8.27. The predicted octanol–water partition coefficient (Wildman–Crippen LogP) is 3.37. The Kier molecular flexibility index (Phi) is 4.06. The van der Waals surface area contributed by atoms with E-state index in [1.54, 1.807) is 4.90 Å². The highest BCUT2D eigenvalue weighted by Crippen LogP contribution is 2.24. The molecule has 2 nitrogen and oxygen atoms in total. The van der Waals surface area contributed by atoms with Crippen molar-refractivity contribution in [1.82, 2.24) is 0 Å². The highest BCUT2D eigenvalue weighted by Gasteiger charge is 2.28. The van der Waals surface area contributed by atoms with Crippen LogP contribution in [0.4, 0.5) is 5.69 Å². The van der Waals surface area contributed by atoms with E-state index in [-0.39, 0.29) is 11.3 Å². The number of hydrogen-bond donors (Lipinski definition) is 0. The molecule has 0 bridgehead atoms. The van der Waals surface area contributed by atoms with Gasteiger partial charge in [0.05, 0.1) is 5.38 Å². The van der Waals surface area contributed by atoms with Crippen molar-refractivity contribution >= 4 is 23.2 Å². The van der Waals surface area contributed by atoms with Gasteiger partial charge in [0.15, 0.2) is 0 Å². The first-order valence-electron chi connectivity index (χ1n) is 6.24. The first-order valence-corrected chi connectivity index (χ1v) is 6.67. The van der Waals surface area contributed by atoms with Crippen molar-refractivity contribution in [2.24, 2.45) is 0 Å². The topological polar surface area (TPSA) is 20.3 Å². The summed E-state index contributed by atoms with van der Waals surface area (Å²) >= 11 is 5.99. The van der Waals surface area contributed by atoms with Gasteiger partial charge in [-0.2, -0.15) is 0 Å². The number of hydrogen-bond acceptors (Lipinski definition) is 1. The molecule has 1 aliphatic rings. The fraction of sp³-hybridized carbons (Fsp3) is 0.500. The third-order valence-electron chi connectivity index (χ3n) is 3.14. The normalized spacial score (nSPS) is 20.0. The van der Waals surface area contributed by atoms with Gasteiger partial charge < -0.3 is 4.90 Å². The Morgan fingerprint density at radius 1 is 1.35 bits per heavy atom. The van der Waals surface area contributed by atoms with Crippen molar-refractivity contribution < 1.29 is 4.79 Å². The Morgan fingerprint density at radius 2 is 2.06 bits per heavy atom. The number of unbranched alkanes of at least 4 members (excludes halogenated alkanes) is 1. The minimum atomic E-state index is -0.0396. The number of carbonyl (C=O) groups is 1. The largest absolute Gasteiger partial charge is 0.311 e. The van der Waals surface area contributed by atoms with Crippen molar-refractivity contribution in [1.29, 1.82) is 0 Å². The molecule has 1 unspecified atom stereocenters. The minimum Gasteiger partial charge on any atom is -0.311 e. The highest BCUT2D eigenvalue weighted by atomic mass is 35.5. The van der Waals surface area contributed by atoms with Crippen LogP contribution in [0.3, 0.4) is 0 Å². The first-order chi connectivity index (χ1) is 8.20. The summed E-state index contributed by atoms with van der Waals surface area (Å²) in [6.45, 7) is 2.83. The van der Waals surface area contributed by atoms with Gasteiger partial charge in [-0.15, -0.1) is 11.6 Å². The Labute approximate surface area is 108 Å². The maximum Gasteiger partial charge on any atom is 0.228 e. The maximum absolute atomic E-state index is 11.7. The molecule has 17 heavy (non-hydrogen) atoms. The van der Waals surface area contributed by atoms with Crippen LogP contribution < -0.4 is 4.90 Å². The molecule has 3 heteroatoms. The molecule has 1 saturated heterocycles. The lowest BCUT2D eigenvalue weighted by Gasteiger charge is -2.16. The van der Waals surface area contributed by atoms with Crippen LogP contribution in [0.15, 0.2) is 24.3 Å². The molecular weight excluding hydrogens is 234 g/mol.